The summed E-state index contributed by atoms with van der Waals surface area (Å²) in [4.78, 5) is 20.5. The second-order valence-electron chi connectivity index (χ2n) is 8.66. The molecule has 172 valence electrons. The number of likely N-dealkylation sites (N-methyl/N-ethyl adjacent to an activating group) is 1. The van der Waals surface area contributed by atoms with Gasteiger partial charge in [-0.15, -0.1) is 0 Å². The quantitative estimate of drug-likeness (QED) is 0.362. The van der Waals surface area contributed by atoms with Crippen LogP contribution in [-0.2, 0) is 9.53 Å². The van der Waals surface area contributed by atoms with Gasteiger partial charge in [-0.2, -0.15) is 11.8 Å². The van der Waals surface area contributed by atoms with Gasteiger partial charge in [0.25, 0.3) is 0 Å². The van der Waals surface area contributed by atoms with E-state index in [2.05, 4.69) is 51.8 Å². The number of nitrogens with zero attached hydrogens (tertiary/aromatic N) is 3. The minimum Gasteiger partial charge on any atom is -0.375 e. The molecular weight excluding hydrogens is 410 g/mol. The maximum absolute atomic E-state index is 12.1. The monoisotopic (exact) mass is 447 g/mol. The molecule has 8 heteroatoms. The molecular formula is C23H37N5O2S. The van der Waals surface area contributed by atoms with Crippen molar-refractivity contribution in [3.8, 4) is 0 Å². The molecule has 2 atom stereocenters. The third-order valence-corrected chi connectivity index (χ3v) is 7.15. The van der Waals surface area contributed by atoms with E-state index in [1.807, 2.05) is 17.8 Å². The number of thioether (sulfide) groups is 1. The van der Waals surface area contributed by atoms with Crippen molar-refractivity contribution in [2.75, 3.05) is 63.8 Å². The Morgan fingerprint density at radius 1 is 1.29 bits per heavy atom. The Bertz CT molecular complexity index is 722. The minimum absolute atomic E-state index is 0.000511. The molecule has 1 amide bonds. The number of nitrogens with one attached hydrogen (secondary N) is 2. The van der Waals surface area contributed by atoms with E-state index in [9.17, 15) is 4.79 Å². The molecule has 2 heterocycles. The molecule has 1 spiro atoms. The predicted molar refractivity (Wildman–Crippen MR) is 130 cm³/mol. The summed E-state index contributed by atoms with van der Waals surface area (Å²) in [5.41, 5.74) is 1.23. The highest BCUT2D eigenvalue weighted by atomic mass is 32.2. The van der Waals surface area contributed by atoms with Crippen LogP contribution in [0.2, 0.25) is 0 Å². The largest absolute Gasteiger partial charge is 0.375 e. The number of anilines is 1. The lowest BCUT2D eigenvalue weighted by atomic mass is 9.90. The number of carbonyl (C=O) groups is 1. The van der Waals surface area contributed by atoms with Gasteiger partial charge in [-0.05, 0) is 43.6 Å². The molecule has 2 unspecified atom stereocenters. The standard InChI is InChI=1S/C23H37N5O2S/c1-27(2)21(29)17-25-22(24-12-7-13-28(3)20-8-5-4-6-9-20)26-19-10-14-30-23(16-19)11-15-31-18-23/h4-6,8-9,19H,7,10-18H2,1-3H3,(H2,24,25,26). The highest BCUT2D eigenvalue weighted by Crippen LogP contribution is 2.38. The highest BCUT2D eigenvalue weighted by Gasteiger charge is 2.40. The molecule has 0 bridgehead atoms. The van der Waals surface area contributed by atoms with Gasteiger partial charge in [-0.3, -0.25) is 4.79 Å². The van der Waals surface area contributed by atoms with Gasteiger partial charge in [0.15, 0.2) is 5.96 Å². The van der Waals surface area contributed by atoms with Crippen LogP contribution in [0.25, 0.3) is 0 Å². The van der Waals surface area contributed by atoms with Crippen LogP contribution in [0.4, 0.5) is 5.69 Å². The van der Waals surface area contributed by atoms with Crippen molar-refractivity contribution in [2.45, 2.75) is 37.3 Å². The van der Waals surface area contributed by atoms with Crippen LogP contribution >= 0.6 is 11.8 Å². The molecule has 2 aliphatic heterocycles. The van der Waals surface area contributed by atoms with Crippen molar-refractivity contribution >= 4 is 29.3 Å². The number of amides is 1. The molecule has 2 N–H and O–H groups in total. The average molecular weight is 448 g/mol. The molecule has 31 heavy (non-hydrogen) atoms. The molecule has 0 radical (unpaired) electrons. The van der Waals surface area contributed by atoms with E-state index in [1.54, 1.807) is 19.0 Å². The maximum Gasteiger partial charge on any atom is 0.243 e. The fourth-order valence-corrected chi connectivity index (χ4v) is 5.36. The predicted octanol–water partition coefficient (Wildman–Crippen LogP) is 2.19. The van der Waals surface area contributed by atoms with Crippen LogP contribution in [0.5, 0.6) is 0 Å². The molecule has 2 fully saturated rings. The summed E-state index contributed by atoms with van der Waals surface area (Å²) in [6, 6.07) is 10.7. The first-order chi connectivity index (χ1) is 15.0. The first-order valence-corrected chi connectivity index (χ1v) is 12.4. The van der Waals surface area contributed by atoms with Gasteiger partial charge in [-0.25, -0.2) is 4.99 Å². The number of hydrogen-bond acceptors (Lipinski definition) is 5. The Kier molecular flexibility index (Phi) is 8.90. The average Bonchev–Trinajstić information content (AvgIpc) is 3.22. The maximum atomic E-state index is 12.1. The smallest absolute Gasteiger partial charge is 0.243 e. The van der Waals surface area contributed by atoms with E-state index in [0.717, 1.165) is 57.1 Å². The molecule has 0 aromatic heterocycles. The number of ether oxygens (including phenoxy) is 1. The van der Waals surface area contributed by atoms with E-state index in [-0.39, 0.29) is 18.1 Å². The zero-order chi connectivity index (χ0) is 22.1. The number of carbonyl (C=O) groups excluding carboxylic acids is 1. The lowest BCUT2D eigenvalue weighted by Gasteiger charge is -2.38. The fourth-order valence-electron chi connectivity index (χ4n) is 3.98. The van der Waals surface area contributed by atoms with Gasteiger partial charge in [0, 0.05) is 58.3 Å². The van der Waals surface area contributed by atoms with Crippen molar-refractivity contribution in [2.24, 2.45) is 4.99 Å². The molecule has 1 aromatic carbocycles. The van der Waals surface area contributed by atoms with E-state index in [4.69, 9.17) is 4.74 Å². The topological polar surface area (TPSA) is 69.2 Å². The number of hydrogen-bond donors (Lipinski definition) is 2. The Balaban J connectivity index is 1.52. The van der Waals surface area contributed by atoms with Crippen molar-refractivity contribution in [3.63, 3.8) is 0 Å². The van der Waals surface area contributed by atoms with Crippen LogP contribution < -0.4 is 15.5 Å². The Hall–Kier alpha value is -1.93. The van der Waals surface area contributed by atoms with E-state index >= 15 is 0 Å². The summed E-state index contributed by atoms with van der Waals surface area (Å²) in [5, 5.41) is 7.03. The summed E-state index contributed by atoms with van der Waals surface area (Å²) in [7, 11) is 5.63. The van der Waals surface area contributed by atoms with Crippen LogP contribution in [-0.4, -0.2) is 87.3 Å². The summed E-state index contributed by atoms with van der Waals surface area (Å²) in [6.07, 6.45) is 4.06. The lowest BCUT2D eigenvalue weighted by molar-refractivity contribution is -0.127. The van der Waals surface area contributed by atoms with Crippen molar-refractivity contribution in [1.82, 2.24) is 15.5 Å². The SMILES string of the molecule is CN(C)C(=O)CN=C(NCCCN(C)c1ccccc1)NC1CCOC2(CCSC2)C1. The summed E-state index contributed by atoms with van der Waals surface area (Å²) < 4.78 is 6.15. The van der Waals surface area contributed by atoms with Crippen LogP contribution in [0.1, 0.15) is 25.7 Å². The normalized spacial score (nSPS) is 23.6. The van der Waals surface area contributed by atoms with Crippen LogP contribution in [0.15, 0.2) is 35.3 Å². The summed E-state index contributed by atoms with van der Waals surface area (Å²) in [5.74, 6) is 2.99. The third kappa shape index (κ3) is 7.31. The van der Waals surface area contributed by atoms with Crippen LogP contribution in [0.3, 0.4) is 0 Å². The first kappa shape index (κ1) is 23.7. The number of guanidine groups is 1. The number of rotatable bonds is 8. The molecule has 1 aromatic rings. The molecule has 0 saturated carbocycles. The van der Waals surface area contributed by atoms with Crippen LogP contribution in [0, 0.1) is 0 Å². The van der Waals surface area contributed by atoms with Gasteiger partial charge in [0.1, 0.15) is 6.54 Å². The van der Waals surface area contributed by atoms with E-state index < -0.39 is 0 Å². The van der Waals surface area contributed by atoms with Gasteiger partial charge in [0.2, 0.25) is 5.91 Å². The molecule has 2 saturated heterocycles. The van der Waals surface area contributed by atoms with Gasteiger partial charge >= 0.3 is 0 Å². The molecule has 2 aliphatic rings. The number of aliphatic imine (C=N–C) groups is 1. The Labute approximate surface area is 191 Å². The van der Waals surface area contributed by atoms with Crippen molar-refractivity contribution in [3.05, 3.63) is 30.3 Å². The van der Waals surface area contributed by atoms with Gasteiger partial charge in [-0.1, -0.05) is 18.2 Å². The molecule has 0 aliphatic carbocycles. The zero-order valence-electron chi connectivity index (χ0n) is 19.1. The Morgan fingerprint density at radius 2 is 2.10 bits per heavy atom. The van der Waals surface area contributed by atoms with Crippen molar-refractivity contribution < 1.29 is 9.53 Å². The first-order valence-electron chi connectivity index (χ1n) is 11.2. The second kappa shape index (κ2) is 11.6. The fraction of sp³-hybridized carbons (Fsp3) is 0.652. The summed E-state index contributed by atoms with van der Waals surface area (Å²) in [6.45, 7) is 2.67. The lowest BCUT2D eigenvalue weighted by Crippen LogP contribution is -2.52. The van der Waals surface area contributed by atoms with Gasteiger partial charge < -0.3 is 25.2 Å². The third-order valence-electron chi connectivity index (χ3n) is 5.93. The van der Waals surface area contributed by atoms with E-state index in [0.29, 0.717) is 6.04 Å². The highest BCUT2D eigenvalue weighted by molar-refractivity contribution is 7.99. The zero-order valence-corrected chi connectivity index (χ0v) is 19.9. The second-order valence-corrected chi connectivity index (χ2v) is 9.76. The minimum atomic E-state index is 0.000511. The summed E-state index contributed by atoms with van der Waals surface area (Å²) >= 11 is 1.98. The van der Waals surface area contributed by atoms with Crippen molar-refractivity contribution in [1.29, 1.82) is 0 Å². The number of benzene rings is 1. The van der Waals surface area contributed by atoms with E-state index in [1.165, 1.54) is 11.4 Å². The number of para-hydroxylation sites is 1. The molecule has 7 nitrogen and oxygen atoms in total. The molecule has 3 rings (SSSR count). The van der Waals surface area contributed by atoms with Gasteiger partial charge in [0.05, 0.1) is 5.60 Å². The Morgan fingerprint density at radius 3 is 2.81 bits per heavy atom.